The molecule has 1 fully saturated rings. The quantitative estimate of drug-likeness (QED) is 0.238. The third kappa shape index (κ3) is 6.52. The lowest BCUT2D eigenvalue weighted by atomic mass is 10.1. The molecule has 0 radical (unpaired) electrons. The predicted octanol–water partition coefficient (Wildman–Crippen LogP) is 1.18. The van der Waals surface area contributed by atoms with E-state index >= 15 is 0 Å². The van der Waals surface area contributed by atoms with Gasteiger partial charge >= 0.3 is 0 Å². The molecule has 1 heterocycles. The molecule has 126 valence electrons. The van der Waals surface area contributed by atoms with Crippen molar-refractivity contribution in [3.05, 3.63) is 29.8 Å². The van der Waals surface area contributed by atoms with Crippen LogP contribution >= 0.6 is 12.2 Å². The van der Waals surface area contributed by atoms with E-state index in [0.717, 1.165) is 62.8 Å². The number of benzene rings is 1. The highest BCUT2D eigenvalue weighted by Gasteiger charge is 2.09. The molecule has 1 aliphatic heterocycles. The van der Waals surface area contributed by atoms with Crippen molar-refractivity contribution in [2.24, 2.45) is 5.10 Å². The Balaban J connectivity index is 1.65. The standard InChI is InChI=1S/C16H25N5OS/c1-13(14-4-2-5-15(17)12-14)19-20-16(23)18-6-3-7-21-8-10-22-11-9-21/h2,4-5,12H,3,6-11,17H2,1H3,(H2,18,20,23)/b19-13-. The fourth-order valence-electron chi connectivity index (χ4n) is 2.33. The van der Waals surface area contributed by atoms with E-state index in [4.69, 9.17) is 22.7 Å². The van der Waals surface area contributed by atoms with Gasteiger partial charge in [0.1, 0.15) is 0 Å². The minimum atomic E-state index is 0.537. The molecule has 6 nitrogen and oxygen atoms in total. The molecular formula is C16H25N5OS. The molecule has 0 spiro atoms. The Morgan fingerprint density at radius 3 is 2.91 bits per heavy atom. The molecule has 0 aliphatic carbocycles. The number of nitrogen functional groups attached to an aromatic ring is 1. The summed E-state index contributed by atoms with van der Waals surface area (Å²) in [6.07, 6.45) is 1.04. The summed E-state index contributed by atoms with van der Waals surface area (Å²) in [6.45, 7) is 7.53. The van der Waals surface area contributed by atoms with Gasteiger partial charge in [-0.25, -0.2) is 0 Å². The molecule has 1 aromatic carbocycles. The molecule has 0 atom stereocenters. The van der Waals surface area contributed by atoms with Crippen LogP contribution in [0.3, 0.4) is 0 Å². The monoisotopic (exact) mass is 335 g/mol. The number of rotatable bonds is 6. The zero-order chi connectivity index (χ0) is 16.5. The summed E-state index contributed by atoms with van der Waals surface area (Å²) in [5.41, 5.74) is 11.2. The van der Waals surface area contributed by atoms with E-state index in [1.54, 1.807) is 0 Å². The van der Waals surface area contributed by atoms with Gasteiger partial charge < -0.3 is 15.8 Å². The largest absolute Gasteiger partial charge is 0.399 e. The maximum atomic E-state index is 5.77. The van der Waals surface area contributed by atoms with E-state index in [2.05, 4.69) is 20.7 Å². The molecule has 1 aliphatic rings. The lowest BCUT2D eigenvalue weighted by molar-refractivity contribution is 0.0376. The van der Waals surface area contributed by atoms with Crippen molar-refractivity contribution in [2.45, 2.75) is 13.3 Å². The Labute approximate surface area is 143 Å². The third-order valence-corrected chi connectivity index (χ3v) is 3.91. The highest BCUT2D eigenvalue weighted by Crippen LogP contribution is 2.07. The number of ether oxygens (including phenoxy) is 1. The van der Waals surface area contributed by atoms with Gasteiger partial charge in [-0.2, -0.15) is 5.10 Å². The zero-order valence-corrected chi connectivity index (χ0v) is 14.4. The summed E-state index contributed by atoms with van der Waals surface area (Å²) in [5, 5.41) is 7.99. The normalized spacial score (nSPS) is 16.1. The van der Waals surface area contributed by atoms with Crippen LogP contribution in [0, 0.1) is 0 Å². The fraction of sp³-hybridized carbons (Fsp3) is 0.500. The molecule has 0 bridgehead atoms. The molecule has 7 heteroatoms. The van der Waals surface area contributed by atoms with Crippen molar-refractivity contribution in [1.82, 2.24) is 15.6 Å². The number of anilines is 1. The maximum Gasteiger partial charge on any atom is 0.186 e. The molecule has 4 N–H and O–H groups in total. The second-order valence-electron chi connectivity index (χ2n) is 5.50. The second-order valence-corrected chi connectivity index (χ2v) is 5.91. The van der Waals surface area contributed by atoms with Gasteiger partial charge in [0.15, 0.2) is 5.11 Å². The average Bonchev–Trinajstić information content (AvgIpc) is 2.57. The number of hydrogen-bond acceptors (Lipinski definition) is 5. The Morgan fingerprint density at radius 2 is 2.17 bits per heavy atom. The van der Waals surface area contributed by atoms with Crippen LogP contribution in [0.2, 0.25) is 0 Å². The van der Waals surface area contributed by atoms with E-state index in [0.29, 0.717) is 5.11 Å². The first-order valence-electron chi connectivity index (χ1n) is 7.89. The molecule has 0 unspecified atom stereocenters. The highest BCUT2D eigenvalue weighted by atomic mass is 32.1. The number of morpholine rings is 1. The van der Waals surface area contributed by atoms with Gasteiger partial charge in [0.2, 0.25) is 0 Å². The summed E-state index contributed by atoms with van der Waals surface area (Å²) in [5.74, 6) is 0. The lowest BCUT2D eigenvalue weighted by Gasteiger charge is -2.26. The summed E-state index contributed by atoms with van der Waals surface area (Å²) in [7, 11) is 0. The second kappa shape index (κ2) is 9.44. The fourth-order valence-corrected chi connectivity index (χ4v) is 2.48. The van der Waals surface area contributed by atoms with Crippen LogP contribution < -0.4 is 16.5 Å². The summed E-state index contributed by atoms with van der Waals surface area (Å²) in [6, 6.07) is 7.62. The number of hydrogen-bond donors (Lipinski definition) is 3. The first kappa shape index (κ1) is 17.7. The third-order valence-electron chi connectivity index (χ3n) is 3.67. The molecule has 0 amide bonds. The number of thiocarbonyl (C=S) groups is 1. The minimum absolute atomic E-state index is 0.537. The van der Waals surface area contributed by atoms with Crippen molar-refractivity contribution in [1.29, 1.82) is 0 Å². The molecule has 1 saturated heterocycles. The molecule has 1 aromatic rings. The summed E-state index contributed by atoms with van der Waals surface area (Å²) in [4.78, 5) is 2.41. The molecule has 23 heavy (non-hydrogen) atoms. The lowest BCUT2D eigenvalue weighted by Crippen LogP contribution is -2.39. The molecular weight excluding hydrogens is 310 g/mol. The van der Waals surface area contributed by atoms with Crippen molar-refractivity contribution in [3.63, 3.8) is 0 Å². The number of nitrogens with two attached hydrogens (primary N) is 1. The van der Waals surface area contributed by atoms with Crippen LogP contribution in [0.5, 0.6) is 0 Å². The Morgan fingerprint density at radius 1 is 1.39 bits per heavy atom. The minimum Gasteiger partial charge on any atom is -0.399 e. The van der Waals surface area contributed by atoms with Gasteiger partial charge in [-0.05, 0) is 49.8 Å². The van der Waals surface area contributed by atoms with Crippen LogP contribution in [-0.4, -0.2) is 55.1 Å². The first-order chi connectivity index (χ1) is 11.1. The highest BCUT2D eigenvalue weighted by molar-refractivity contribution is 7.80. The smallest absolute Gasteiger partial charge is 0.186 e. The van der Waals surface area contributed by atoms with E-state index in [1.807, 2.05) is 31.2 Å². The number of nitrogens with one attached hydrogen (secondary N) is 2. The summed E-state index contributed by atoms with van der Waals surface area (Å²) < 4.78 is 5.33. The van der Waals surface area contributed by atoms with Gasteiger partial charge in [-0.15, -0.1) is 0 Å². The molecule has 2 rings (SSSR count). The summed E-state index contributed by atoms with van der Waals surface area (Å²) >= 11 is 5.23. The van der Waals surface area contributed by atoms with Crippen molar-refractivity contribution in [2.75, 3.05) is 45.1 Å². The Bertz CT molecular complexity index is 543. The Hall–Kier alpha value is -1.70. The van der Waals surface area contributed by atoms with E-state index in [9.17, 15) is 0 Å². The molecule has 0 aromatic heterocycles. The van der Waals surface area contributed by atoms with Crippen molar-refractivity contribution in [3.8, 4) is 0 Å². The van der Waals surface area contributed by atoms with Gasteiger partial charge in [-0.3, -0.25) is 10.3 Å². The topological polar surface area (TPSA) is 74.9 Å². The van der Waals surface area contributed by atoms with E-state index in [-0.39, 0.29) is 0 Å². The zero-order valence-electron chi connectivity index (χ0n) is 13.5. The maximum absolute atomic E-state index is 5.77. The van der Waals surface area contributed by atoms with Crippen molar-refractivity contribution >= 4 is 28.7 Å². The van der Waals surface area contributed by atoms with Gasteiger partial charge in [0.25, 0.3) is 0 Å². The van der Waals surface area contributed by atoms with Gasteiger partial charge in [0, 0.05) is 25.3 Å². The number of hydrazone groups is 1. The van der Waals surface area contributed by atoms with Crippen LogP contribution in [0.1, 0.15) is 18.9 Å². The SMILES string of the molecule is C/C(=N/NC(=S)NCCCN1CCOCC1)c1cccc(N)c1. The first-order valence-corrected chi connectivity index (χ1v) is 8.30. The van der Waals surface area contributed by atoms with E-state index < -0.39 is 0 Å². The average molecular weight is 335 g/mol. The van der Waals surface area contributed by atoms with Gasteiger partial charge in [-0.1, -0.05) is 12.1 Å². The van der Waals surface area contributed by atoms with Crippen molar-refractivity contribution < 1.29 is 4.74 Å². The molecule has 0 saturated carbocycles. The predicted molar refractivity (Wildman–Crippen MR) is 98.7 cm³/mol. The van der Waals surface area contributed by atoms with Crippen LogP contribution in [0.4, 0.5) is 5.69 Å². The van der Waals surface area contributed by atoms with Crippen LogP contribution in [-0.2, 0) is 4.74 Å². The van der Waals surface area contributed by atoms with Crippen LogP contribution in [0.25, 0.3) is 0 Å². The Kier molecular flexibility index (Phi) is 7.25. The van der Waals surface area contributed by atoms with Gasteiger partial charge in [0.05, 0.1) is 18.9 Å². The number of nitrogens with zero attached hydrogens (tertiary/aromatic N) is 2. The van der Waals surface area contributed by atoms with Crippen LogP contribution in [0.15, 0.2) is 29.4 Å². The van der Waals surface area contributed by atoms with E-state index in [1.165, 1.54) is 0 Å².